The lowest BCUT2D eigenvalue weighted by atomic mass is 9.95. The molecule has 1 fully saturated rings. The number of esters is 1. The third kappa shape index (κ3) is 5.44. The Hall–Kier alpha value is -3.69. The van der Waals surface area contributed by atoms with Crippen molar-refractivity contribution in [2.45, 2.75) is 39.7 Å². The molecule has 2 aromatic carbocycles. The molecule has 0 spiro atoms. The molecule has 0 radical (unpaired) electrons. The van der Waals surface area contributed by atoms with E-state index >= 15 is 0 Å². The number of nitrogens with zero attached hydrogens (tertiary/aromatic N) is 2. The summed E-state index contributed by atoms with van der Waals surface area (Å²) in [6.45, 7) is 6.15. The third-order valence-corrected chi connectivity index (χ3v) is 7.37. The quantitative estimate of drug-likeness (QED) is 0.112. The van der Waals surface area contributed by atoms with Crippen LogP contribution < -0.4 is 9.64 Å². The minimum absolute atomic E-state index is 0.0949. The topological polar surface area (TPSA) is 106 Å². The summed E-state index contributed by atoms with van der Waals surface area (Å²) in [6.07, 6.45) is 1.92. The molecule has 38 heavy (non-hydrogen) atoms. The van der Waals surface area contributed by atoms with Gasteiger partial charge in [0.2, 0.25) is 0 Å². The maximum absolute atomic E-state index is 13.4. The second kappa shape index (κ2) is 11.8. The van der Waals surface area contributed by atoms with Crippen LogP contribution in [0.3, 0.4) is 0 Å². The fourth-order valence-electron chi connectivity index (χ4n) is 4.06. The molecule has 1 atom stereocenters. The number of hydrogen-bond acceptors (Lipinski definition) is 8. The van der Waals surface area contributed by atoms with E-state index in [1.165, 1.54) is 4.90 Å². The van der Waals surface area contributed by atoms with Gasteiger partial charge in [-0.1, -0.05) is 48.4 Å². The van der Waals surface area contributed by atoms with Gasteiger partial charge in [-0.05, 0) is 62.2 Å². The zero-order valence-electron chi connectivity index (χ0n) is 21.2. The molecule has 198 valence electrons. The minimum atomic E-state index is -0.992. The minimum Gasteiger partial charge on any atom is -0.507 e. The van der Waals surface area contributed by atoms with Crippen molar-refractivity contribution in [1.29, 1.82) is 0 Å². The Balaban J connectivity index is 1.80. The fourth-order valence-corrected chi connectivity index (χ4v) is 5.17. The number of aliphatic hydroxyl groups is 1. The average molecular weight is 555 g/mol. The number of Topliss-reactive ketones (excluding diaryl/α,β-unsaturated/α-hetero) is 1. The molecule has 1 amide bonds. The maximum Gasteiger partial charge on any atom is 0.350 e. The first-order chi connectivity index (χ1) is 18.3. The van der Waals surface area contributed by atoms with Crippen LogP contribution in [-0.2, 0) is 14.3 Å². The summed E-state index contributed by atoms with van der Waals surface area (Å²) in [5.74, 6) is -1.99. The molecule has 1 aliphatic rings. The SMILES string of the molecule is CCCCOc1ccc(C(O)=C2C(=O)C(=O)N(c3nc(C)c(C(=O)OCC)s3)C2c2ccc(Cl)cc2)cc1. The summed E-state index contributed by atoms with van der Waals surface area (Å²) in [7, 11) is 0. The van der Waals surface area contributed by atoms with Crippen molar-refractivity contribution in [2.75, 3.05) is 18.1 Å². The number of aliphatic hydroxyl groups excluding tert-OH is 1. The van der Waals surface area contributed by atoms with Crippen molar-refractivity contribution in [2.24, 2.45) is 0 Å². The molecule has 0 saturated carbocycles. The van der Waals surface area contributed by atoms with Crippen molar-refractivity contribution in [3.8, 4) is 5.75 Å². The summed E-state index contributed by atoms with van der Waals surface area (Å²) in [5.41, 5.74) is 1.17. The lowest BCUT2D eigenvalue weighted by Crippen LogP contribution is -2.29. The van der Waals surface area contributed by atoms with Crippen molar-refractivity contribution < 1.29 is 29.0 Å². The molecule has 1 aromatic heterocycles. The van der Waals surface area contributed by atoms with Gasteiger partial charge in [0, 0.05) is 10.6 Å². The molecule has 1 aliphatic heterocycles. The highest BCUT2D eigenvalue weighted by atomic mass is 35.5. The van der Waals surface area contributed by atoms with E-state index in [-0.39, 0.29) is 27.9 Å². The largest absolute Gasteiger partial charge is 0.507 e. The van der Waals surface area contributed by atoms with Crippen LogP contribution in [0.2, 0.25) is 5.02 Å². The number of unbranched alkanes of at least 4 members (excludes halogenated alkanes) is 1. The summed E-state index contributed by atoms with van der Waals surface area (Å²) in [4.78, 5) is 45.0. The number of carbonyl (C=O) groups is 3. The Kier molecular flexibility index (Phi) is 8.48. The number of thiazole rings is 1. The van der Waals surface area contributed by atoms with E-state index < -0.39 is 23.7 Å². The molecular weight excluding hydrogens is 528 g/mol. The lowest BCUT2D eigenvalue weighted by molar-refractivity contribution is -0.132. The molecule has 0 aliphatic carbocycles. The van der Waals surface area contributed by atoms with Crippen LogP contribution in [0.1, 0.15) is 59.2 Å². The maximum atomic E-state index is 13.4. The number of aryl methyl sites for hydroxylation is 1. The summed E-state index contributed by atoms with van der Waals surface area (Å²) >= 11 is 7.04. The number of ether oxygens (including phenoxy) is 2. The van der Waals surface area contributed by atoms with Crippen LogP contribution in [0.4, 0.5) is 5.13 Å². The molecule has 4 rings (SSSR count). The van der Waals surface area contributed by atoms with Gasteiger partial charge in [-0.3, -0.25) is 14.5 Å². The summed E-state index contributed by atoms with van der Waals surface area (Å²) in [5, 5.41) is 11.9. The zero-order chi connectivity index (χ0) is 27.4. The van der Waals surface area contributed by atoms with Gasteiger partial charge in [0.25, 0.3) is 5.78 Å². The van der Waals surface area contributed by atoms with Crippen LogP contribution in [-0.4, -0.2) is 41.0 Å². The monoisotopic (exact) mass is 554 g/mol. The van der Waals surface area contributed by atoms with Gasteiger partial charge >= 0.3 is 11.9 Å². The Labute approximate surface area is 229 Å². The van der Waals surface area contributed by atoms with E-state index in [4.69, 9.17) is 21.1 Å². The molecule has 10 heteroatoms. The second-order valence-corrected chi connectivity index (χ2v) is 9.99. The highest BCUT2D eigenvalue weighted by Gasteiger charge is 2.48. The van der Waals surface area contributed by atoms with Crippen LogP contribution in [0.15, 0.2) is 54.1 Å². The molecule has 8 nitrogen and oxygen atoms in total. The van der Waals surface area contributed by atoms with Gasteiger partial charge in [-0.25, -0.2) is 9.78 Å². The van der Waals surface area contributed by atoms with Gasteiger partial charge in [0.15, 0.2) is 5.13 Å². The van der Waals surface area contributed by atoms with Crippen LogP contribution in [0.5, 0.6) is 5.75 Å². The number of amides is 1. The smallest absolute Gasteiger partial charge is 0.350 e. The molecule has 1 N–H and O–H groups in total. The third-order valence-electron chi connectivity index (χ3n) is 5.98. The Morgan fingerprint density at radius 3 is 2.42 bits per heavy atom. The zero-order valence-corrected chi connectivity index (χ0v) is 22.8. The molecule has 0 bridgehead atoms. The normalized spacial score (nSPS) is 16.6. The van der Waals surface area contributed by atoms with E-state index in [1.54, 1.807) is 62.4 Å². The lowest BCUT2D eigenvalue weighted by Gasteiger charge is -2.23. The summed E-state index contributed by atoms with van der Waals surface area (Å²) in [6, 6.07) is 12.3. The number of carbonyl (C=O) groups excluding carboxylic acids is 3. The van der Waals surface area contributed by atoms with Gasteiger partial charge in [0.05, 0.1) is 30.5 Å². The van der Waals surface area contributed by atoms with Gasteiger partial charge in [0.1, 0.15) is 16.4 Å². The Bertz CT molecular complexity index is 1380. The van der Waals surface area contributed by atoms with E-state index in [9.17, 15) is 19.5 Å². The number of aromatic nitrogens is 1. The highest BCUT2D eigenvalue weighted by Crippen LogP contribution is 2.44. The molecule has 1 saturated heterocycles. The van der Waals surface area contributed by atoms with E-state index in [0.717, 1.165) is 24.2 Å². The van der Waals surface area contributed by atoms with Crippen molar-refractivity contribution in [3.05, 3.63) is 80.8 Å². The van der Waals surface area contributed by atoms with Crippen LogP contribution >= 0.6 is 22.9 Å². The van der Waals surface area contributed by atoms with Gasteiger partial charge in [-0.15, -0.1) is 0 Å². The van der Waals surface area contributed by atoms with Crippen molar-refractivity contribution >= 4 is 51.5 Å². The van der Waals surface area contributed by atoms with Crippen LogP contribution in [0.25, 0.3) is 5.76 Å². The van der Waals surface area contributed by atoms with Crippen LogP contribution in [0, 0.1) is 6.92 Å². The molecular formula is C28H27ClN2O6S. The second-order valence-electron chi connectivity index (χ2n) is 8.58. The van der Waals surface area contributed by atoms with E-state index in [2.05, 4.69) is 11.9 Å². The first-order valence-electron chi connectivity index (χ1n) is 12.2. The number of ketones is 1. The standard InChI is InChI=1S/C28H27ClN2O6S/c1-4-6-15-37-20-13-9-18(10-14-20)23(32)21-22(17-7-11-19(29)12-8-17)31(26(34)24(21)33)28-30-16(3)25(38-28)27(35)36-5-2/h7-14,22,32H,4-6,15H2,1-3H3. The molecule has 1 unspecified atom stereocenters. The number of halogens is 1. The highest BCUT2D eigenvalue weighted by molar-refractivity contribution is 7.17. The summed E-state index contributed by atoms with van der Waals surface area (Å²) < 4.78 is 10.8. The van der Waals surface area contributed by atoms with E-state index in [1.807, 2.05) is 0 Å². The first-order valence-corrected chi connectivity index (χ1v) is 13.4. The number of anilines is 1. The van der Waals surface area contributed by atoms with Crippen molar-refractivity contribution in [3.63, 3.8) is 0 Å². The van der Waals surface area contributed by atoms with Crippen molar-refractivity contribution in [1.82, 2.24) is 4.98 Å². The fraction of sp³-hybridized carbons (Fsp3) is 0.286. The Morgan fingerprint density at radius 2 is 1.79 bits per heavy atom. The molecule has 2 heterocycles. The number of hydrogen-bond donors (Lipinski definition) is 1. The first kappa shape index (κ1) is 27.3. The molecule has 3 aromatic rings. The predicted molar refractivity (Wildman–Crippen MR) is 146 cm³/mol. The Morgan fingerprint density at radius 1 is 1.11 bits per heavy atom. The van der Waals surface area contributed by atoms with Gasteiger partial charge in [-0.2, -0.15) is 0 Å². The predicted octanol–water partition coefficient (Wildman–Crippen LogP) is 6.09. The average Bonchev–Trinajstić information content (AvgIpc) is 3.41. The number of benzene rings is 2. The van der Waals surface area contributed by atoms with Gasteiger partial charge < -0.3 is 14.6 Å². The number of rotatable bonds is 9. The van der Waals surface area contributed by atoms with E-state index in [0.29, 0.717) is 34.2 Å².